The first kappa shape index (κ1) is 18.9. The molecule has 1 aliphatic carbocycles. The summed E-state index contributed by atoms with van der Waals surface area (Å²) in [7, 11) is 0. The van der Waals surface area contributed by atoms with E-state index in [0.717, 1.165) is 33.5 Å². The van der Waals surface area contributed by atoms with Gasteiger partial charge in [-0.05, 0) is 49.6 Å². The molecule has 0 radical (unpaired) electrons. The van der Waals surface area contributed by atoms with Crippen molar-refractivity contribution in [3.8, 4) is 5.75 Å². The lowest BCUT2D eigenvalue weighted by molar-refractivity contribution is -0.127. The summed E-state index contributed by atoms with van der Waals surface area (Å²) in [6.45, 7) is 2.40. The molecule has 1 saturated carbocycles. The van der Waals surface area contributed by atoms with Crippen molar-refractivity contribution in [3.05, 3.63) is 71.4 Å². The number of benzene rings is 2. The van der Waals surface area contributed by atoms with Crippen molar-refractivity contribution in [3.63, 3.8) is 0 Å². The predicted molar refractivity (Wildman–Crippen MR) is 110 cm³/mol. The fourth-order valence-electron chi connectivity index (χ4n) is 3.98. The van der Waals surface area contributed by atoms with Gasteiger partial charge in [-0.1, -0.05) is 30.3 Å². The zero-order valence-corrected chi connectivity index (χ0v) is 16.2. The number of fused-ring (bicyclic) bond motifs is 1. The van der Waals surface area contributed by atoms with Crippen LogP contribution in [0.2, 0.25) is 0 Å². The topological polar surface area (TPSA) is 108 Å². The molecule has 6 heteroatoms. The zero-order valence-electron chi connectivity index (χ0n) is 16.2. The van der Waals surface area contributed by atoms with Crippen molar-refractivity contribution in [2.45, 2.75) is 26.4 Å². The number of para-hydroxylation sites is 1. The van der Waals surface area contributed by atoms with Crippen molar-refractivity contribution in [2.24, 2.45) is 22.8 Å². The molecule has 0 saturated heterocycles. The summed E-state index contributed by atoms with van der Waals surface area (Å²) in [6.07, 6.45) is 0.828. The third-order valence-electron chi connectivity index (χ3n) is 5.68. The van der Waals surface area contributed by atoms with Crippen molar-refractivity contribution in [1.29, 1.82) is 0 Å². The van der Waals surface area contributed by atoms with Gasteiger partial charge < -0.3 is 16.2 Å². The van der Waals surface area contributed by atoms with Crippen molar-refractivity contribution in [2.75, 3.05) is 0 Å². The first-order chi connectivity index (χ1) is 13.9. The second kappa shape index (κ2) is 7.20. The van der Waals surface area contributed by atoms with E-state index in [0.29, 0.717) is 19.4 Å². The maximum Gasteiger partial charge on any atom is 0.224 e. The average molecular weight is 389 g/mol. The molecule has 1 fully saturated rings. The van der Waals surface area contributed by atoms with Crippen LogP contribution in [0.5, 0.6) is 5.75 Å². The minimum Gasteiger partial charge on any atom is -0.489 e. The number of aryl methyl sites for hydroxylation is 1. The first-order valence-electron chi connectivity index (χ1n) is 9.55. The number of hydrogen-bond acceptors (Lipinski definition) is 4. The van der Waals surface area contributed by atoms with E-state index in [2.05, 4.69) is 4.98 Å². The predicted octanol–water partition coefficient (Wildman–Crippen LogP) is 2.64. The number of carbonyl (C=O) groups excluding carboxylic acids is 2. The molecule has 0 spiro atoms. The molecule has 2 atom stereocenters. The zero-order chi connectivity index (χ0) is 20.6. The number of hydrogen-bond donors (Lipinski definition) is 2. The van der Waals surface area contributed by atoms with E-state index in [1.807, 2.05) is 61.5 Å². The summed E-state index contributed by atoms with van der Waals surface area (Å²) >= 11 is 0. The van der Waals surface area contributed by atoms with Crippen molar-refractivity contribution in [1.82, 2.24) is 4.98 Å². The molecule has 6 nitrogen and oxygen atoms in total. The van der Waals surface area contributed by atoms with Crippen LogP contribution in [0, 0.1) is 18.3 Å². The van der Waals surface area contributed by atoms with Gasteiger partial charge in [0.15, 0.2) is 0 Å². The fourth-order valence-corrected chi connectivity index (χ4v) is 3.98. The molecular weight excluding hydrogens is 366 g/mol. The molecule has 0 unspecified atom stereocenters. The molecule has 1 aliphatic rings. The Morgan fingerprint density at radius 3 is 2.52 bits per heavy atom. The number of pyridine rings is 1. The molecule has 29 heavy (non-hydrogen) atoms. The van der Waals surface area contributed by atoms with Gasteiger partial charge in [-0.15, -0.1) is 0 Å². The Labute approximate surface area is 168 Å². The molecule has 4 N–H and O–H groups in total. The van der Waals surface area contributed by atoms with Gasteiger partial charge in [-0.25, -0.2) is 0 Å². The van der Waals surface area contributed by atoms with Crippen LogP contribution in [-0.2, 0) is 22.6 Å². The molecular formula is C23H23N3O3. The van der Waals surface area contributed by atoms with Gasteiger partial charge in [0.25, 0.3) is 0 Å². The van der Waals surface area contributed by atoms with Gasteiger partial charge in [0.2, 0.25) is 11.8 Å². The van der Waals surface area contributed by atoms with E-state index in [4.69, 9.17) is 16.2 Å². The molecule has 2 amide bonds. The van der Waals surface area contributed by atoms with E-state index in [9.17, 15) is 9.59 Å². The smallest absolute Gasteiger partial charge is 0.224 e. The number of nitrogens with zero attached hydrogens (tertiary/aromatic N) is 1. The van der Waals surface area contributed by atoms with Gasteiger partial charge >= 0.3 is 0 Å². The Bertz CT molecular complexity index is 1090. The van der Waals surface area contributed by atoms with Gasteiger partial charge in [-0.3, -0.25) is 14.6 Å². The summed E-state index contributed by atoms with van der Waals surface area (Å²) in [5.41, 5.74) is 13.9. The molecule has 0 aliphatic heterocycles. The Kier molecular flexibility index (Phi) is 4.70. The third kappa shape index (κ3) is 3.66. The molecule has 0 bridgehead atoms. The van der Waals surface area contributed by atoms with Crippen LogP contribution in [0.25, 0.3) is 10.9 Å². The monoisotopic (exact) mass is 389 g/mol. The van der Waals surface area contributed by atoms with E-state index in [1.165, 1.54) is 0 Å². The second-order valence-corrected chi connectivity index (χ2v) is 7.73. The Morgan fingerprint density at radius 1 is 1.14 bits per heavy atom. The van der Waals surface area contributed by atoms with Gasteiger partial charge in [0, 0.05) is 16.6 Å². The molecule has 1 aromatic heterocycles. The highest BCUT2D eigenvalue weighted by atomic mass is 16.5. The lowest BCUT2D eigenvalue weighted by Gasteiger charge is -2.14. The van der Waals surface area contributed by atoms with Gasteiger partial charge in [-0.2, -0.15) is 0 Å². The lowest BCUT2D eigenvalue weighted by Crippen LogP contribution is -2.32. The van der Waals surface area contributed by atoms with Crippen molar-refractivity contribution < 1.29 is 14.3 Å². The largest absolute Gasteiger partial charge is 0.489 e. The maximum atomic E-state index is 11.8. The lowest BCUT2D eigenvalue weighted by atomic mass is 9.93. The highest BCUT2D eigenvalue weighted by Crippen LogP contribution is 2.54. The van der Waals surface area contributed by atoms with Gasteiger partial charge in [0.1, 0.15) is 12.4 Å². The highest BCUT2D eigenvalue weighted by molar-refractivity contribution is 5.94. The number of nitrogens with two attached hydrogens (primary N) is 2. The Balaban J connectivity index is 1.46. The maximum absolute atomic E-state index is 11.8. The minimum atomic E-state index is -0.846. The molecule has 1 heterocycles. The van der Waals surface area contributed by atoms with Crippen LogP contribution in [0.4, 0.5) is 0 Å². The third-order valence-corrected chi connectivity index (χ3v) is 5.68. The number of primary amides is 2. The van der Waals surface area contributed by atoms with E-state index in [-0.39, 0.29) is 0 Å². The number of rotatable bonds is 7. The number of amides is 2. The summed E-state index contributed by atoms with van der Waals surface area (Å²) in [5, 5.41) is 1.07. The molecule has 4 rings (SSSR count). The Morgan fingerprint density at radius 2 is 1.86 bits per heavy atom. The van der Waals surface area contributed by atoms with Crippen LogP contribution in [0.3, 0.4) is 0 Å². The summed E-state index contributed by atoms with van der Waals surface area (Å²) in [6, 6.07) is 17.5. The number of ether oxygens (including phenoxy) is 1. The van der Waals surface area contributed by atoms with Crippen LogP contribution in [-0.4, -0.2) is 16.8 Å². The van der Waals surface area contributed by atoms with Crippen LogP contribution >= 0.6 is 0 Å². The standard InChI is InChI=1S/C23H23N3O3/c1-14-10-16(18-4-2-3-5-20(18)26-14)13-29-17-8-6-15(7-9-17)11-23(22(25)28)12-19(23)21(24)27/h2-10,19H,11-13H2,1H3,(H2,24,27)(H2,25,28)/t19-,23+/m1/s1. The van der Waals surface area contributed by atoms with Crippen LogP contribution in [0.1, 0.15) is 23.2 Å². The van der Waals surface area contributed by atoms with Crippen LogP contribution < -0.4 is 16.2 Å². The summed E-state index contributed by atoms with van der Waals surface area (Å²) < 4.78 is 5.97. The normalized spacial score (nSPS) is 20.4. The van der Waals surface area contributed by atoms with Crippen molar-refractivity contribution >= 4 is 22.7 Å². The van der Waals surface area contributed by atoms with E-state index < -0.39 is 23.1 Å². The highest BCUT2D eigenvalue weighted by Gasteiger charge is 2.61. The van der Waals surface area contributed by atoms with Crippen LogP contribution in [0.15, 0.2) is 54.6 Å². The summed E-state index contributed by atoms with van der Waals surface area (Å²) in [5.74, 6) is -0.688. The fraction of sp³-hybridized carbons (Fsp3) is 0.261. The molecule has 2 aromatic carbocycles. The summed E-state index contributed by atoms with van der Waals surface area (Å²) in [4.78, 5) is 27.9. The number of aromatic nitrogens is 1. The average Bonchev–Trinajstić information content (AvgIpc) is 3.43. The van der Waals surface area contributed by atoms with Gasteiger partial charge in [0.05, 0.1) is 16.8 Å². The first-order valence-corrected chi connectivity index (χ1v) is 9.55. The SMILES string of the molecule is Cc1cc(COc2ccc(C[C@]3(C(N)=O)C[C@@H]3C(N)=O)cc2)c2ccccc2n1. The molecule has 148 valence electrons. The number of carbonyl (C=O) groups is 2. The van der Waals surface area contributed by atoms with E-state index >= 15 is 0 Å². The quantitative estimate of drug-likeness (QED) is 0.647. The molecule has 3 aromatic rings. The Hall–Kier alpha value is -3.41. The van der Waals surface area contributed by atoms with E-state index in [1.54, 1.807) is 0 Å². The second-order valence-electron chi connectivity index (χ2n) is 7.73. The minimum absolute atomic E-state index is 0.407.